The predicted octanol–water partition coefficient (Wildman–Crippen LogP) is 3.33. The van der Waals surface area contributed by atoms with Crippen LogP contribution in [0.2, 0.25) is 0 Å². The molecule has 4 N–H and O–H groups in total. The molecule has 0 aliphatic rings. The summed E-state index contributed by atoms with van der Waals surface area (Å²) >= 11 is 0. The first-order valence-corrected chi connectivity index (χ1v) is 9.68. The maximum Gasteiger partial charge on any atom is 0.321 e. The molecule has 0 aliphatic heterocycles. The molecule has 156 valence electrons. The maximum atomic E-state index is 12.4. The number of fused-ring (bicyclic) bond motifs is 1. The van der Waals surface area contributed by atoms with Crippen molar-refractivity contribution >= 4 is 34.0 Å². The van der Waals surface area contributed by atoms with E-state index >= 15 is 0 Å². The summed E-state index contributed by atoms with van der Waals surface area (Å²) < 4.78 is 5.27. The topological polar surface area (TPSA) is 99.7 Å². The normalized spacial score (nSPS) is 11.6. The zero-order valence-corrected chi connectivity index (χ0v) is 16.7. The maximum absolute atomic E-state index is 12.4. The van der Waals surface area contributed by atoms with Crippen molar-refractivity contribution in [3.8, 4) is 5.75 Å². The molecule has 0 aliphatic carbocycles. The smallest absolute Gasteiger partial charge is 0.321 e. The van der Waals surface area contributed by atoms with Crippen LogP contribution >= 0.6 is 0 Å². The van der Waals surface area contributed by atoms with Crippen molar-refractivity contribution in [2.75, 3.05) is 30.8 Å². The third-order valence-corrected chi connectivity index (χ3v) is 4.66. The average molecular weight is 407 g/mol. The van der Waals surface area contributed by atoms with Gasteiger partial charge in [0.1, 0.15) is 11.8 Å². The molecular formula is C23H25N3O4. The Kier molecular flexibility index (Phi) is 7.24. The van der Waals surface area contributed by atoms with Crippen LogP contribution in [0.1, 0.15) is 6.42 Å². The van der Waals surface area contributed by atoms with Crippen molar-refractivity contribution in [3.63, 3.8) is 0 Å². The molecule has 30 heavy (non-hydrogen) atoms. The number of aliphatic carboxylic acids is 1. The molecule has 0 heterocycles. The van der Waals surface area contributed by atoms with Gasteiger partial charge in [0.25, 0.3) is 0 Å². The molecule has 7 nitrogen and oxygen atoms in total. The molecule has 3 aromatic rings. The number of para-hydroxylation sites is 2. The van der Waals surface area contributed by atoms with Gasteiger partial charge in [0.15, 0.2) is 0 Å². The Labute approximate surface area is 175 Å². The van der Waals surface area contributed by atoms with Crippen LogP contribution in [-0.4, -0.2) is 43.2 Å². The number of anilines is 2. The van der Waals surface area contributed by atoms with Gasteiger partial charge in [-0.2, -0.15) is 0 Å². The third kappa shape index (κ3) is 5.71. The van der Waals surface area contributed by atoms with Crippen molar-refractivity contribution in [2.24, 2.45) is 0 Å². The summed E-state index contributed by atoms with van der Waals surface area (Å²) in [6.07, 6.45) is -0.170. The lowest BCUT2D eigenvalue weighted by Crippen LogP contribution is -2.41. The Bertz CT molecular complexity index is 1020. The van der Waals surface area contributed by atoms with Gasteiger partial charge in [-0.1, -0.05) is 42.5 Å². The van der Waals surface area contributed by atoms with Gasteiger partial charge in [-0.3, -0.25) is 9.59 Å². The van der Waals surface area contributed by atoms with E-state index in [9.17, 15) is 14.7 Å². The van der Waals surface area contributed by atoms with Crippen molar-refractivity contribution in [1.29, 1.82) is 0 Å². The summed E-state index contributed by atoms with van der Waals surface area (Å²) in [6, 6.07) is 19.9. The van der Waals surface area contributed by atoms with Gasteiger partial charge in [0.2, 0.25) is 5.91 Å². The number of ether oxygens (including phenoxy) is 1. The second-order valence-corrected chi connectivity index (χ2v) is 6.79. The number of benzene rings is 3. The number of nitrogens with one attached hydrogen (secondary N) is 3. The average Bonchev–Trinajstić information content (AvgIpc) is 2.75. The van der Waals surface area contributed by atoms with Gasteiger partial charge in [-0.15, -0.1) is 0 Å². The lowest BCUT2D eigenvalue weighted by molar-refractivity contribution is -0.141. The van der Waals surface area contributed by atoms with Crippen molar-refractivity contribution in [1.82, 2.24) is 5.32 Å². The van der Waals surface area contributed by atoms with Crippen molar-refractivity contribution in [2.45, 2.75) is 12.5 Å². The first-order chi connectivity index (χ1) is 14.6. The van der Waals surface area contributed by atoms with Crippen molar-refractivity contribution in [3.05, 3.63) is 66.7 Å². The quantitative estimate of drug-likeness (QED) is 0.385. The van der Waals surface area contributed by atoms with E-state index in [1.54, 1.807) is 13.2 Å². The van der Waals surface area contributed by atoms with Crippen LogP contribution in [0.3, 0.4) is 0 Å². The van der Waals surface area contributed by atoms with E-state index in [4.69, 9.17) is 4.74 Å². The van der Waals surface area contributed by atoms with Gasteiger partial charge >= 0.3 is 5.97 Å². The van der Waals surface area contributed by atoms with Crippen LogP contribution in [0.25, 0.3) is 10.8 Å². The van der Waals surface area contributed by atoms with E-state index in [0.717, 1.165) is 16.5 Å². The molecule has 0 aromatic heterocycles. The minimum absolute atomic E-state index is 0.170. The van der Waals surface area contributed by atoms with Crippen LogP contribution in [0.4, 0.5) is 11.4 Å². The highest BCUT2D eigenvalue weighted by molar-refractivity contribution is 5.96. The molecule has 3 aromatic carbocycles. The summed E-state index contributed by atoms with van der Waals surface area (Å²) in [5.41, 5.74) is 1.46. The van der Waals surface area contributed by atoms with Gasteiger partial charge in [0, 0.05) is 18.8 Å². The number of carbonyl (C=O) groups excluding carboxylic acids is 1. The van der Waals surface area contributed by atoms with Gasteiger partial charge in [-0.05, 0) is 35.0 Å². The van der Waals surface area contributed by atoms with Crippen molar-refractivity contribution < 1.29 is 19.4 Å². The van der Waals surface area contributed by atoms with Gasteiger partial charge in [0.05, 0.1) is 19.2 Å². The number of hydrogen-bond donors (Lipinski definition) is 4. The minimum Gasteiger partial charge on any atom is -0.495 e. The molecular weight excluding hydrogens is 382 g/mol. The van der Waals surface area contributed by atoms with E-state index < -0.39 is 12.0 Å². The van der Waals surface area contributed by atoms with Crippen LogP contribution in [0.5, 0.6) is 5.75 Å². The molecule has 0 spiro atoms. The summed E-state index contributed by atoms with van der Waals surface area (Å²) in [6.45, 7) is 0.856. The third-order valence-electron chi connectivity index (χ3n) is 4.66. The zero-order valence-electron chi connectivity index (χ0n) is 16.7. The molecule has 0 saturated heterocycles. The predicted molar refractivity (Wildman–Crippen MR) is 118 cm³/mol. The first kappa shape index (κ1) is 21.1. The van der Waals surface area contributed by atoms with E-state index in [2.05, 4.69) is 16.0 Å². The lowest BCUT2D eigenvalue weighted by atomic mass is 10.1. The lowest BCUT2D eigenvalue weighted by Gasteiger charge is -2.16. The number of carboxylic acids is 1. The highest BCUT2D eigenvalue weighted by Crippen LogP contribution is 2.22. The number of carbonyl (C=O) groups is 2. The zero-order chi connectivity index (χ0) is 21.3. The molecule has 0 fully saturated rings. The number of amides is 1. The second-order valence-electron chi connectivity index (χ2n) is 6.79. The van der Waals surface area contributed by atoms with Crippen LogP contribution in [-0.2, 0) is 9.59 Å². The Morgan fingerprint density at radius 2 is 1.70 bits per heavy atom. The van der Waals surface area contributed by atoms with E-state index in [-0.39, 0.29) is 12.3 Å². The fraction of sp³-hybridized carbons (Fsp3) is 0.217. The summed E-state index contributed by atoms with van der Waals surface area (Å²) in [7, 11) is 1.59. The Hall–Kier alpha value is -3.58. The molecule has 3 rings (SSSR count). The Morgan fingerprint density at radius 1 is 0.967 bits per heavy atom. The summed E-state index contributed by atoms with van der Waals surface area (Å²) in [4.78, 5) is 23.9. The number of hydrogen-bond acceptors (Lipinski definition) is 5. The SMILES string of the molecule is COc1ccccc1NCCN[C@H](CC(=O)Nc1ccc2ccccc2c1)C(=O)O. The van der Waals surface area contributed by atoms with E-state index in [1.807, 2.05) is 60.7 Å². The molecule has 0 bridgehead atoms. The number of methoxy groups -OCH3 is 1. The van der Waals surface area contributed by atoms with Gasteiger partial charge < -0.3 is 25.8 Å². The standard InChI is InChI=1S/C23H25N3O4/c1-30-21-9-5-4-8-19(21)24-12-13-25-20(23(28)29)15-22(27)26-18-11-10-16-6-2-3-7-17(16)14-18/h2-11,14,20,24-25H,12-13,15H2,1H3,(H,26,27)(H,28,29)/t20-/m1/s1. The fourth-order valence-electron chi connectivity index (χ4n) is 3.15. The highest BCUT2D eigenvalue weighted by Gasteiger charge is 2.20. The van der Waals surface area contributed by atoms with Crippen LogP contribution < -0.4 is 20.7 Å². The van der Waals surface area contributed by atoms with Crippen LogP contribution in [0, 0.1) is 0 Å². The van der Waals surface area contributed by atoms with E-state index in [1.165, 1.54) is 0 Å². The monoisotopic (exact) mass is 407 g/mol. The molecule has 0 saturated carbocycles. The second kappa shape index (κ2) is 10.3. The number of carboxylic acid groups (broad SMARTS) is 1. The Morgan fingerprint density at radius 3 is 2.47 bits per heavy atom. The highest BCUT2D eigenvalue weighted by atomic mass is 16.5. The molecule has 7 heteroatoms. The molecule has 1 amide bonds. The molecule has 0 radical (unpaired) electrons. The molecule has 0 unspecified atom stereocenters. The first-order valence-electron chi connectivity index (χ1n) is 9.68. The molecule has 1 atom stereocenters. The Balaban J connectivity index is 1.50. The summed E-state index contributed by atoms with van der Waals surface area (Å²) in [5.74, 6) is -0.717. The number of rotatable bonds is 10. The summed E-state index contributed by atoms with van der Waals surface area (Å²) in [5, 5.41) is 20.4. The van der Waals surface area contributed by atoms with Crippen LogP contribution in [0.15, 0.2) is 66.7 Å². The van der Waals surface area contributed by atoms with E-state index in [0.29, 0.717) is 24.5 Å². The largest absolute Gasteiger partial charge is 0.495 e. The fourth-order valence-corrected chi connectivity index (χ4v) is 3.15. The van der Waals surface area contributed by atoms with Gasteiger partial charge in [-0.25, -0.2) is 0 Å². The minimum atomic E-state index is -1.07.